The van der Waals surface area contributed by atoms with Crippen LogP contribution in [0.1, 0.15) is 53.1 Å². The van der Waals surface area contributed by atoms with Gasteiger partial charge in [-0.2, -0.15) is 0 Å². The molecule has 6 rings (SSSR count). The largest absolute Gasteiger partial charge is 0.331 e. The molecule has 178 valence electrons. The SMILES string of the molecule is O=C(c1cnc2ccccc2c1)N(Cc1cnc2ccccc2c1)C1CCC(c2ccccc2)CC1. The van der Waals surface area contributed by atoms with E-state index < -0.39 is 0 Å². The van der Waals surface area contributed by atoms with Gasteiger partial charge in [-0.15, -0.1) is 0 Å². The number of para-hydroxylation sites is 2. The van der Waals surface area contributed by atoms with E-state index in [4.69, 9.17) is 0 Å². The fraction of sp³-hybridized carbons (Fsp3) is 0.219. The highest BCUT2D eigenvalue weighted by atomic mass is 16.2. The zero-order chi connectivity index (χ0) is 24.3. The number of pyridine rings is 2. The quantitative estimate of drug-likeness (QED) is 0.273. The van der Waals surface area contributed by atoms with Gasteiger partial charge in [0, 0.05) is 35.8 Å². The fourth-order valence-electron chi connectivity index (χ4n) is 5.57. The number of carbonyl (C=O) groups excluding carboxylic acids is 1. The van der Waals surface area contributed by atoms with Gasteiger partial charge in [-0.25, -0.2) is 0 Å². The highest BCUT2D eigenvalue weighted by Gasteiger charge is 2.30. The summed E-state index contributed by atoms with van der Waals surface area (Å²) in [7, 11) is 0. The summed E-state index contributed by atoms with van der Waals surface area (Å²) in [5.74, 6) is 0.605. The second-order valence-electron chi connectivity index (χ2n) is 9.80. The summed E-state index contributed by atoms with van der Waals surface area (Å²) in [6, 6.07) is 31.2. The molecule has 1 fully saturated rings. The maximum absolute atomic E-state index is 14.0. The van der Waals surface area contributed by atoms with Crippen LogP contribution in [0.5, 0.6) is 0 Å². The van der Waals surface area contributed by atoms with Gasteiger partial charge in [0.25, 0.3) is 5.91 Å². The van der Waals surface area contributed by atoms with E-state index in [0.29, 0.717) is 18.0 Å². The number of fused-ring (bicyclic) bond motifs is 2. The van der Waals surface area contributed by atoms with Crippen LogP contribution in [0.2, 0.25) is 0 Å². The molecule has 0 N–H and O–H groups in total. The molecule has 1 saturated carbocycles. The molecule has 1 amide bonds. The van der Waals surface area contributed by atoms with Crippen molar-refractivity contribution in [2.75, 3.05) is 0 Å². The lowest BCUT2D eigenvalue weighted by Gasteiger charge is -2.37. The van der Waals surface area contributed by atoms with E-state index in [-0.39, 0.29) is 11.9 Å². The van der Waals surface area contributed by atoms with Crippen LogP contribution in [0.25, 0.3) is 21.8 Å². The van der Waals surface area contributed by atoms with Gasteiger partial charge in [0.05, 0.1) is 16.6 Å². The lowest BCUT2D eigenvalue weighted by molar-refractivity contribution is 0.0605. The first-order valence-electron chi connectivity index (χ1n) is 12.8. The molecular formula is C32H29N3O. The molecule has 2 heterocycles. The molecule has 4 heteroatoms. The number of carbonyl (C=O) groups is 1. The molecule has 0 bridgehead atoms. The Balaban J connectivity index is 1.29. The van der Waals surface area contributed by atoms with Crippen molar-refractivity contribution >= 4 is 27.7 Å². The topological polar surface area (TPSA) is 46.1 Å². The van der Waals surface area contributed by atoms with Gasteiger partial charge in [-0.1, -0.05) is 66.7 Å². The van der Waals surface area contributed by atoms with Gasteiger partial charge in [-0.05, 0) is 67.0 Å². The van der Waals surface area contributed by atoms with E-state index in [9.17, 15) is 4.79 Å². The minimum Gasteiger partial charge on any atom is -0.331 e. The third kappa shape index (κ3) is 4.59. The predicted octanol–water partition coefficient (Wildman–Crippen LogP) is 7.15. The molecule has 5 aromatic rings. The van der Waals surface area contributed by atoms with E-state index in [0.717, 1.165) is 53.1 Å². The molecular weight excluding hydrogens is 442 g/mol. The second kappa shape index (κ2) is 9.90. The Bertz CT molecular complexity index is 1510. The van der Waals surface area contributed by atoms with Crippen molar-refractivity contribution in [3.8, 4) is 0 Å². The lowest BCUT2D eigenvalue weighted by Crippen LogP contribution is -2.41. The van der Waals surface area contributed by atoms with E-state index in [2.05, 4.69) is 57.3 Å². The summed E-state index contributed by atoms with van der Waals surface area (Å²) < 4.78 is 0. The average Bonchev–Trinajstić information content (AvgIpc) is 2.96. The molecule has 0 aliphatic heterocycles. The van der Waals surface area contributed by atoms with Crippen LogP contribution >= 0.6 is 0 Å². The number of benzene rings is 3. The third-order valence-corrected chi connectivity index (χ3v) is 7.51. The molecule has 1 aliphatic carbocycles. The molecule has 3 aromatic carbocycles. The predicted molar refractivity (Wildman–Crippen MR) is 145 cm³/mol. The molecule has 0 radical (unpaired) electrons. The van der Waals surface area contributed by atoms with Crippen molar-refractivity contribution in [2.45, 2.75) is 44.2 Å². The number of hydrogen-bond acceptors (Lipinski definition) is 3. The third-order valence-electron chi connectivity index (χ3n) is 7.51. The summed E-state index contributed by atoms with van der Waals surface area (Å²) in [5.41, 5.74) is 4.99. The standard InChI is InChI=1S/C32H29N3O/c36-32(28-19-27-11-5-7-13-31(27)34-21-28)35(22-23-18-26-10-4-6-12-30(26)33-20-23)29-16-14-25(15-17-29)24-8-2-1-3-9-24/h1-13,18-21,25,29H,14-17,22H2. The summed E-state index contributed by atoms with van der Waals surface area (Å²) in [5, 5.41) is 2.09. The zero-order valence-electron chi connectivity index (χ0n) is 20.3. The second-order valence-corrected chi connectivity index (χ2v) is 9.80. The van der Waals surface area contributed by atoms with Gasteiger partial charge in [0.15, 0.2) is 0 Å². The summed E-state index contributed by atoms with van der Waals surface area (Å²) in [6.45, 7) is 0.546. The summed E-state index contributed by atoms with van der Waals surface area (Å²) >= 11 is 0. The van der Waals surface area contributed by atoms with Crippen LogP contribution in [0.15, 0.2) is 103 Å². The molecule has 0 spiro atoms. The number of aromatic nitrogens is 2. The average molecular weight is 472 g/mol. The maximum Gasteiger partial charge on any atom is 0.255 e. The van der Waals surface area contributed by atoms with Gasteiger partial charge in [0.2, 0.25) is 0 Å². The fourth-order valence-corrected chi connectivity index (χ4v) is 5.57. The van der Waals surface area contributed by atoms with Gasteiger partial charge in [-0.3, -0.25) is 14.8 Å². The molecule has 4 nitrogen and oxygen atoms in total. The first kappa shape index (κ1) is 22.4. The van der Waals surface area contributed by atoms with Crippen molar-refractivity contribution in [3.05, 3.63) is 120 Å². The molecule has 0 saturated heterocycles. The highest BCUT2D eigenvalue weighted by Crippen LogP contribution is 2.36. The Labute approximate surface area is 211 Å². The van der Waals surface area contributed by atoms with Crippen LogP contribution < -0.4 is 0 Å². The van der Waals surface area contributed by atoms with E-state index >= 15 is 0 Å². The first-order chi connectivity index (χ1) is 17.7. The van der Waals surface area contributed by atoms with Crippen molar-refractivity contribution in [3.63, 3.8) is 0 Å². The van der Waals surface area contributed by atoms with Gasteiger partial charge < -0.3 is 4.90 Å². The van der Waals surface area contributed by atoms with Crippen molar-refractivity contribution < 1.29 is 4.79 Å². The molecule has 2 aromatic heterocycles. The minimum absolute atomic E-state index is 0.0459. The Hall–Kier alpha value is -4.05. The van der Waals surface area contributed by atoms with Crippen LogP contribution in [0.3, 0.4) is 0 Å². The number of hydrogen-bond donors (Lipinski definition) is 0. The maximum atomic E-state index is 14.0. The van der Waals surface area contributed by atoms with Crippen molar-refractivity contribution in [2.24, 2.45) is 0 Å². The zero-order valence-corrected chi connectivity index (χ0v) is 20.3. The van der Waals surface area contributed by atoms with Crippen molar-refractivity contribution in [1.82, 2.24) is 14.9 Å². The summed E-state index contributed by atoms with van der Waals surface area (Å²) in [4.78, 5) is 25.3. The molecule has 36 heavy (non-hydrogen) atoms. The normalized spacial score (nSPS) is 17.8. The first-order valence-corrected chi connectivity index (χ1v) is 12.8. The van der Waals surface area contributed by atoms with Gasteiger partial charge in [0.1, 0.15) is 0 Å². The Kier molecular flexibility index (Phi) is 6.17. The molecule has 1 aliphatic rings. The smallest absolute Gasteiger partial charge is 0.255 e. The number of nitrogens with zero attached hydrogens (tertiary/aromatic N) is 3. The summed E-state index contributed by atoms with van der Waals surface area (Å²) in [6.07, 6.45) is 7.80. The van der Waals surface area contributed by atoms with Gasteiger partial charge >= 0.3 is 0 Å². The van der Waals surface area contributed by atoms with Crippen molar-refractivity contribution in [1.29, 1.82) is 0 Å². The Morgan fingerprint density at radius 3 is 2.06 bits per heavy atom. The monoisotopic (exact) mass is 471 g/mol. The molecule has 0 atom stereocenters. The van der Waals surface area contributed by atoms with Crippen LogP contribution in [0.4, 0.5) is 0 Å². The van der Waals surface area contributed by atoms with E-state index in [1.807, 2.05) is 54.7 Å². The minimum atomic E-state index is 0.0459. The number of amides is 1. The van der Waals surface area contributed by atoms with Crippen LogP contribution in [-0.2, 0) is 6.54 Å². The van der Waals surface area contributed by atoms with E-state index in [1.54, 1.807) is 6.20 Å². The molecule has 0 unspecified atom stereocenters. The lowest BCUT2D eigenvalue weighted by atomic mass is 9.81. The van der Waals surface area contributed by atoms with Crippen LogP contribution in [-0.4, -0.2) is 26.8 Å². The number of rotatable bonds is 5. The Morgan fingerprint density at radius 2 is 1.33 bits per heavy atom. The van der Waals surface area contributed by atoms with Crippen LogP contribution in [0, 0.1) is 0 Å². The highest BCUT2D eigenvalue weighted by molar-refractivity contribution is 5.97. The van der Waals surface area contributed by atoms with E-state index in [1.165, 1.54) is 5.56 Å². The Morgan fingerprint density at radius 1 is 0.722 bits per heavy atom.